The van der Waals surface area contributed by atoms with Crippen LogP contribution in [0.4, 0.5) is 13.2 Å². The van der Waals surface area contributed by atoms with Gasteiger partial charge < -0.3 is 0 Å². The number of amides is 1. The standard InChI is InChI=1S/C19H12F3N5O2/c20-19(21,22)15-9-5-4-8-13(15)17(28)25-26-11-23-16-14(18(26)29)10-24-27(16)12-6-2-1-3-7-12/h1-11H,(H,25,28). The van der Waals surface area contributed by atoms with Crippen molar-refractivity contribution < 1.29 is 18.0 Å². The third-order valence-corrected chi connectivity index (χ3v) is 4.19. The van der Waals surface area contributed by atoms with E-state index in [2.05, 4.69) is 15.5 Å². The number of alkyl halides is 3. The van der Waals surface area contributed by atoms with Gasteiger partial charge in [0.15, 0.2) is 5.65 Å². The minimum absolute atomic E-state index is 0.0979. The van der Waals surface area contributed by atoms with Crippen molar-refractivity contribution in [1.29, 1.82) is 0 Å². The molecule has 0 radical (unpaired) electrons. The Morgan fingerprint density at radius 1 is 1.00 bits per heavy atom. The number of hydrogen-bond donors (Lipinski definition) is 1. The van der Waals surface area contributed by atoms with Gasteiger partial charge in [0.05, 0.1) is 23.0 Å². The Balaban J connectivity index is 1.71. The summed E-state index contributed by atoms with van der Waals surface area (Å²) in [7, 11) is 0. The fourth-order valence-corrected chi connectivity index (χ4v) is 2.85. The molecule has 0 aliphatic carbocycles. The zero-order valence-electron chi connectivity index (χ0n) is 14.6. The average Bonchev–Trinajstić information content (AvgIpc) is 3.15. The summed E-state index contributed by atoms with van der Waals surface area (Å²) in [6, 6.07) is 13.3. The molecular formula is C19H12F3N5O2. The van der Waals surface area contributed by atoms with Gasteiger partial charge in [0.2, 0.25) is 0 Å². The first-order chi connectivity index (χ1) is 13.9. The van der Waals surface area contributed by atoms with Crippen molar-refractivity contribution in [3.8, 4) is 5.69 Å². The van der Waals surface area contributed by atoms with Gasteiger partial charge in [-0.3, -0.25) is 15.0 Å². The number of fused-ring (bicyclic) bond motifs is 1. The fraction of sp³-hybridized carbons (Fsp3) is 0.0526. The Morgan fingerprint density at radius 3 is 2.41 bits per heavy atom. The zero-order valence-corrected chi connectivity index (χ0v) is 14.6. The number of benzene rings is 2. The lowest BCUT2D eigenvalue weighted by Gasteiger charge is -2.13. The fourth-order valence-electron chi connectivity index (χ4n) is 2.85. The van der Waals surface area contributed by atoms with Crippen molar-refractivity contribution in [3.63, 3.8) is 0 Å². The van der Waals surface area contributed by atoms with E-state index in [4.69, 9.17) is 0 Å². The molecule has 7 nitrogen and oxygen atoms in total. The Hall–Kier alpha value is -3.95. The predicted octanol–water partition coefficient (Wildman–Crippen LogP) is 2.98. The number of hydrogen-bond acceptors (Lipinski definition) is 4. The van der Waals surface area contributed by atoms with Crippen molar-refractivity contribution in [3.05, 3.63) is 88.6 Å². The first-order valence-electron chi connectivity index (χ1n) is 8.34. The highest BCUT2D eigenvalue weighted by Gasteiger charge is 2.35. The Bertz CT molecular complexity index is 1260. The van der Waals surface area contributed by atoms with Crippen LogP contribution in [-0.4, -0.2) is 25.3 Å². The second-order valence-corrected chi connectivity index (χ2v) is 6.03. The summed E-state index contributed by atoms with van der Waals surface area (Å²) in [6.45, 7) is 0. The van der Waals surface area contributed by atoms with Crippen LogP contribution in [0.15, 0.2) is 71.9 Å². The van der Waals surface area contributed by atoms with Crippen molar-refractivity contribution in [2.75, 3.05) is 5.43 Å². The van der Waals surface area contributed by atoms with Crippen LogP contribution in [0, 0.1) is 0 Å². The van der Waals surface area contributed by atoms with Crippen LogP contribution >= 0.6 is 0 Å². The summed E-state index contributed by atoms with van der Waals surface area (Å²) in [5.41, 5.74) is 0.698. The minimum Gasteiger partial charge on any atom is -0.267 e. The molecule has 1 amide bonds. The minimum atomic E-state index is -4.71. The zero-order chi connectivity index (χ0) is 20.6. The van der Waals surface area contributed by atoms with E-state index < -0.39 is 28.8 Å². The summed E-state index contributed by atoms with van der Waals surface area (Å²) in [6.07, 6.45) is -2.40. The number of aromatic nitrogens is 4. The van der Waals surface area contributed by atoms with E-state index in [0.29, 0.717) is 5.69 Å². The maximum Gasteiger partial charge on any atom is 0.417 e. The molecule has 2 aromatic heterocycles. The third-order valence-electron chi connectivity index (χ3n) is 4.19. The van der Waals surface area contributed by atoms with E-state index in [1.807, 2.05) is 6.07 Å². The topological polar surface area (TPSA) is 81.8 Å². The lowest BCUT2D eigenvalue weighted by Crippen LogP contribution is -2.34. The predicted molar refractivity (Wildman–Crippen MR) is 98.3 cm³/mol. The van der Waals surface area contributed by atoms with Crippen molar-refractivity contribution in [2.24, 2.45) is 0 Å². The van der Waals surface area contributed by atoms with Crippen molar-refractivity contribution in [1.82, 2.24) is 19.4 Å². The molecule has 2 aromatic carbocycles. The quantitative estimate of drug-likeness (QED) is 0.574. The molecule has 0 spiro atoms. The second-order valence-electron chi connectivity index (χ2n) is 6.03. The van der Waals surface area contributed by atoms with Crippen LogP contribution in [0.1, 0.15) is 15.9 Å². The normalized spacial score (nSPS) is 11.6. The summed E-state index contributed by atoms with van der Waals surface area (Å²) < 4.78 is 41.6. The Kier molecular flexibility index (Phi) is 4.38. The average molecular weight is 399 g/mol. The highest BCUT2D eigenvalue weighted by Crippen LogP contribution is 2.31. The van der Waals surface area contributed by atoms with Crippen LogP contribution in [0.2, 0.25) is 0 Å². The molecule has 4 aromatic rings. The van der Waals surface area contributed by atoms with E-state index in [1.54, 1.807) is 24.3 Å². The van der Waals surface area contributed by atoms with Crippen molar-refractivity contribution >= 4 is 16.9 Å². The van der Waals surface area contributed by atoms with E-state index in [9.17, 15) is 22.8 Å². The molecule has 1 N–H and O–H groups in total. The van der Waals surface area contributed by atoms with Gasteiger partial charge in [0.1, 0.15) is 11.7 Å². The molecule has 0 aliphatic heterocycles. The SMILES string of the molecule is O=C(Nn1cnc2c(cnn2-c2ccccc2)c1=O)c1ccccc1C(F)(F)F. The highest BCUT2D eigenvalue weighted by atomic mass is 19.4. The maximum absolute atomic E-state index is 13.1. The second kappa shape index (κ2) is 6.89. The molecule has 2 heterocycles. The lowest BCUT2D eigenvalue weighted by atomic mass is 10.1. The molecule has 0 saturated carbocycles. The molecule has 10 heteroatoms. The van der Waals surface area contributed by atoms with Crippen molar-refractivity contribution in [2.45, 2.75) is 6.18 Å². The van der Waals surface area contributed by atoms with Gasteiger partial charge in [-0.1, -0.05) is 30.3 Å². The number of nitrogens with zero attached hydrogens (tertiary/aromatic N) is 4. The monoisotopic (exact) mass is 399 g/mol. The van der Waals surface area contributed by atoms with Gasteiger partial charge in [-0.05, 0) is 24.3 Å². The van der Waals surface area contributed by atoms with Gasteiger partial charge >= 0.3 is 6.18 Å². The Morgan fingerprint density at radius 2 is 1.69 bits per heavy atom. The smallest absolute Gasteiger partial charge is 0.267 e. The van der Waals surface area contributed by atoms with Crippen LogP contribution in [0.25, 0.3) is 16.7 Å². The molecule has 29 heavy (non-hydrogen) atoms. The van der Waals surface area contributed by atoms with Crippen LogP contribution in [0.5, 0.6) is 0 Å². The molecule has 0 saturated heterocycles. The molecular weight excluding hydrogens is 387 g/mol. The lowest BCUT2D eigenvalue weighted by molar-refractivity contribution is -0.137. The number of para-hydroxylation sites is 1. The van der Waals surface area contributed by atoms with Crippen LogP contribution in [-0.2, 0) is 6.18 Å². The summed E-state index contributed by atoms with van der Waals surface area (Å²) >= 11 is 0. The van der Waals surface area contributed by atoms with Gasteiger partial charge in [0, 0.05) is 0 Å². The van der Waals surface area contributed by atoms with Gasteiger partial charge in [-0.15, -0.1) is 0 Å². The van der Waals surface area contributed by atoms with E-state index >= 15 is 0 Å². The van der Waals surface area contributed by atoms with E-state index in [0.717, 1.165) is 23.1 Å². The summed E-state index contributed by atoms with van der Waals surface area (Å²) in [5, 5.41) is 4.23. The van der Waals surface area contributed by atoms with Crippen LogP contribution in [0.3, 0.4) is 0 Å². The van der Waals surface area contributed by atoms with Gasteiger partial charge in [-0.25, -0.2) is 14.3 Å². The number of rotatable bonds is 3. The number of halogens is 3. The first kappa shape index (κ1) is 18.4. The number of nitrogens with one attached hydrogen (secondary N) is 1. The molecule has 0 unspecified atom stereocenters. The molecule has 0 fully saturated rings. The highest BCUT2D eigenvalue weighted by molar-refractivity contribution is 6.01. The number of carbonyl (C=O) groups excluding carboxylic acids is 1. The number of carbonyl (C=O) groups is 1. The Labute approximate surface area is 161 Å². The summed E-state index contributed by atoms with van der Waals surface area (Å²) in [4.78, 5) is 29.2. The molecule has 146 valence electrons. The maximum atomic E-state index is 13.1. The molecule has 0 aliphatic rings. The first-order valence-corrected chi connectivity index (χ1v) is 8.34. The van der Waals surface area contributed by atoms with Gasteiger partial charge in [0.25, 0.3) is 11.5 Å². The molecule has 4 rings (SSSR count). The molecule has 0 bridgehead atoms. The molecule has 0 atom stereocenters. The van der Waals surface area contributed by atoms with Crippen LogP contribution < -0.4 is 11.0 Å². The summed E-state index contributed by atoms with van der Waals surface area (Å²) in [5.74, 6) is -1.09. The largest absolute Gasteiger partial charge is 0.417 e. The van der Waals surface area contributed by atoms with E-state index in [-0.39, 0.29) is 11.0 Å². The van der Waals surface area contributed by atoms with Gasteiger partial charge in [-0.2, -0.15) is 18.3 Å². The van der Waals surface area contributed by atoms with E-state index in [1.165, 1.54) is 23.0 Å². The third kappa shape index (κ3) is 3.35.